The maximum Gasteiger partial charge on any atom is 0.290 e. The summed E-state index contributed by atoms with van der Waals surface area (Å²) < 4.78 is 11.3. The molecule has 2 saturated carbocycles. The van der Waals surface area contributed by atoms with Crippen molar-refractivity contribution in [2.45, 2.75) is 70.4 Å². The number of rotatable bonds is 8. The average Bonchev–Trinajstić information content (AvgIpc) is 3.66. The molecule has 3 fully saturated rings. The topological polar surface area (TPSA) is 106 Å². The first-order valence-corrected chi connectivity index (χ1v) is 13.1. The van der Waals surface area contributed by atoms with Gasteiger partial charge in [0.2, 0.25) is 5.91 Å². The molecule has 0 spiro atoms. The number of amides is 2. The quantitative estimate of drug-likeness (QED) is 0.597. The van der Waals surface area contributed by atoms with Crippen LogP contribution < -0.4 is 10.1 Å². The molecule has 1 N–H and O–H groups in total. The van der Waals surface area contributed by atoms with E-state index in [4.69, 9.17) is 9.15 Å². The average molecular weight is 495 g/mol. The number of nitrogens with zero attached hydrogens (tertiary/aromatic N) is 1. The van der Waals surface area contributed by atoms with Gasteiger partial charge in [-0.1, -0.05) is 19.4 Å². The number of carbonyl (C=O) groups is 4. The third-order valence-electron chi connectivity index (χ3n) is 8.38. The molecule has 5 rings (SSSR count). The van der Waals surface area contributed by atoms with E-state index in [2.05, 4.69) is 5.32 Å². The van der Waals surface area contributed by atoms with Crippen molar-refractivity contribution in [3.8, 4) is 5.75 Å². The Hall–Kier alpha value is -3.16. The molecule has 1 aromatic carbocycles. The van der Waals surface area contributed by atoms with E-state index in [1.54, 1.807) is 37.1 Å². The van der Waals surface area contributed by atoms with Gasteiger partial charge in [-0.25, -0.2) is 0 Å². The van der Waals surface area contributed by atoms with E-state index in [9.17, 15) is 19.2 Å². The van der Waals surface area contributed by atoms with Crippen LogP contribution in [0.4, 0.5) is 0 Å². The highest BCUT2D eigenvalue weighted by atomic mass is 16.5. The fraction of sp³-hybridized carbons (Fsp3) is 0.571. The van der Waals surface area contributed by atoms with Gasteiger partial charge >= 0.3 is 0 Å². The Morgan fingerprint density at radius 2 is 2.03 bits per heavy atom. The molecular weight excluding hydrogens is 460 g/mol. The van der Waals surface area contributed by atoms with E-state index in [1.807, 2.05) is 6.07 Å². The number of ether oxygens (including phenoxy) is 1. The molecular formula is C28H34N2O6. The number of furan rings is 1. The molecule has 5 atom stereocenters. The minimum Gasteiger partial charge on any atom is -0.496 e. The summed E-state index contributed by atoms with van der Waals surface area (Å²) in [6, 6.07) is 5.70. The molecule has 2 amide bonds. The first-order chi connectivity index (χ1) is 17.4. The summed E-state index contributed by atoms with van der Waals surface area (Å²) in [5.41, 5.74) is 0.549. The van der Waals surface area contributed by atoms with Crippen LogP contribution in [0.5, 0.6) is 5.75 Å². The lowest BCUT2D eigenvalue weighted by molar-refractivity contribution is -0.131. The van der Waals surface area contributed by atoms with E-state index in [-0.39, 0.29) is 53.3 Å². The van der Waals surface area contributed by atoms with Gasteiger partial charge in [-0.3, -0.25) is 19.2 Å². The van der Waals surface area contributed by atoms with Crippen molar-refractivity contribution in [2.75, 3.05) is 13.7 Å². The lowest BCUT2D eigenvalue weighted by Crippen LogP contribution is -2.53. The van der Waals surface area contributed by atoms with Gasteiger partial charge in [0.25, 0.3) is 5.91 Å². The second kappa shape index (κ2) is 10.1. The van der Waals surface area contributed by atoms with Crippen molar-refractivity contribution in [3.63, 3.8) is 0 Å². The second-order valence-corrected chi connectivity index (χ2v) is 10.4. The van der Waals surface area contributed by atoms with Crippen LogP contribution in [0.15, 0.2) is 28.7 Å². The lowest BCUT2D eigenvalue weighted by atomic mass is 9.91. The van der Waals surface area contributed by atoms with E-state index < -0.39 is 12.1 Å². The molecule has 3 aliphatic rings. The normalized spacial score (nSPS) is 26.3. The van der Waals surface area contributed by atoms with Crippen LogP contribution in [0.2, 0.25) is 0 Å². The van der Waals surface area contributed by atoms with Gasteiger partial charge in [0.05, 0.1) is 18.5 Å². The zero-order valence-corrected chi connectivity index (χ0v) is 21.0. The molecule has 1 aromatic heterocycles. The Kier molecular flexibility index (Phi) is 6.86. The highest BCUT2D eigenvalue weighted by molar-refractivity contribution is 6.01. The molecule has 2 aliphatic carbocycles. The maximum absolute atomic E-state index is 13.7. The Morgan fingerprint density at radius 1 is 1.19 bits per heavy atom. The Bertz CT molecular complexity index is 1190. The maximum atomic E-state index is 13.7. The monoisotopic (exact) mass is 494 g/mol. The SMILES string of the molecule is CCC(=O)[C@H](C[C@@H]1CCCC1=O)NC(=O)[C@@H]1[C@H]2CCC[C@H]2CN1C(=O)c1cc2c(OC)cccc2o1. The van der Waals surface area contributed by atoms with Crippen LogP contribution in [-0.2, 0) is 14.4 Å². The van der Waals surface area contributed by atoms with E-state index >= 15 is 0 Å². The molecule has 0 radical (unpaired) electrons. The van der Waals surface area contributed by atoms with Crippen molar-refractivity contribution in [3.05, 3.63) is 30.0 Å². The molecule has 2 aromatic rings. The number of hydrogen-bond acceptors (Lipinski definition) is 6. The van der Waals surface area contributed by atoms with E-state index in [0.717, 1.165) is 32.1 Å². The van der Waals surface area contributed by atoms with Gasteiger partial charge in [-0.2, -0.15) is 0 Å². The summed E-state index contributed by atoms with van der Waals surface area (Å²) in [5.74, 6) is 0.375. The predicted molar refractivity (Wildman–Crippen MR) is 133 cm³/mol. The minimum absolute atomic E-state index is 0.0540. The first-order valence-electron chi connectivity index (χ1n) is 13.1. The summed E-state index contributed by atoms with van der Waals surface area (Å²) in [6.45, 7) is 2.26. The van der Waals surface area contributed by atoms with Crippen LogP contribution in [0.25, 0.3) is 11.0 Å². The fourth-order valence-corrected chi connectivity index (χ4v) is 6.51. The molecule has 1 saturated heterocycles. The Labute approximate surface area is 210 Å². The number of nitrogens with one attached hydrogen (secondary N) is 1. The van der Waals surface area contributed by atoms with Crippen molar-refractivity contribution in [1.82, 2.24) is 10.2 Å². The number of likely N-dealkylation sites (tertiary alicyclic amines) is 1. The lowest BCUT2D eigenvalue weighted by Gasteiger charge is -2.29. The zero-order valence-electron chi connectivity index (χ0n) is 21.0. The number of ketones is 2. The molecule has 192 valence electrons. The molecule has 0 bridgehead atoms. The van der Waals surface area contributed by atoms with Crippen LogP contribution in [-0.4, -0.2) is 54.0 Å². The van der Waals surface area contributed by atoms with Gasteiger partial charge in [-0.15, -0.1) is 0 Å². The third kappa shape index (κ3) is 4.42. The Balaban J connectivity index is 1.39. The van der Waals surface area contributed by atoms with Gasteiger partial charge in [0, 0.05) is 31.4 Å². The van der Waals surface area contributed by atoms with Gasteiger partial charge in [0.15, 0.2) is 11.5 Å². The number of benzene rings is 1. The summed E-state index contributed by atoms with van der Waals surface area (Å²) >= 11 is 0. The van der Waals surface area contributed by atoms with Crippen LogP contribution >= 0.6 is 0 Å². The third-order valence-corrected chi connectivity index (χ3v) is 8.38. The minimum atomic E-state index is -0.706. The molecule has 0 unspecified atom stereocenters. The van der Waals surface area contributed by atoms with Gasteiger partial charge in [0.1, 0.15) is 23.2 Å². The smallest absolute Gasteiger partial charge is 0.290 e. The molecule has 8 heteroatoms. The second-order valence-electron chi connectivity index (χ2n) is 10.4. The summed E-state index contributed by atoms with van der Waals surface area (Å²) in [5, 5.41) is 3.67. The molecule has 1 aliphatic heterocycles. The van der Waals surface area contributed by atoms with Crippen molar-refractivity contribution >= 4 is 34.4 Å². The molecule has 2 heterocycles. The highest BCUT2D eigenvalue weighted by Gasteiger charge is 2.50. The van der Waals surface area contributed by atoms with Crippen molar-refractivity contribution < 1.29 is 28.3 Å². The Morgan fingerprint density at radius 3 is 2.75 bits per heavy atom. The zero-order chi connectivity index (χ0) is 25.4. The van der Waals surface area contributed by atoms with E-state index in [1.165, 1.54) is 0 Å². The number of hydrogen-bond donors (Lipinski definition) is 1. The van der Waals surface area contributed by atoms with Crippen molar-refractivity contribution in [2.24, 2.45) is 17.8 Å². The predicted octanol–water partition coefficient (Wildman–Crippen LogP) is 3.91. The number of Topliss-reactive ketones (excluding diaryl/α,β-unsaturated/α-hetero) is 2. The molecule has 8 nitrogen and oxygen atoms in total. The van der Waals surface area contributed by atoms with E-state index in [0.29, 0.717) is 36.1 Å². The summed E-state index contributed by atoms with van der Waals surface area (Å²) in [4.78, 5) is 54.0. The highest BCUT2D eigenvalue weighted by Crippen LogP contribution is 2.43. The van der Waals surface area contributed by atoms with Crippen LogP contribution in [0.1, 0.15) is 68.8 Å². The van der Waals surface area contributed by atoms with Gasteiger partial charge < -0.3 is 19.4 Å². The standard InChI is InChI=1S/C28H34N2O6/c1-3-21(31)20(13-16-7-5-10-22(16)32)29-27(33)26-18-9-4-8-17(18)15-30(26)28(34)25-14-19-23(35-2)11-6-12-24(19)36-25/h6,11-12,14,16-18,20,26H,3-5,7-10,13,15H2,1-2H3,(H,29,33)/t16-,17-,18-,20-,26-/m0/s1. The van der Waals surface area contributed by atoms with Crippen LogP contribution in [0.3, 0.4) is 0 Å². The fourth-order valence-electron chi connectivity index (χ4n) is 6.51. The molecule has 36 heavy (non-hydrogen) atoms. The number of carbonyl (C=O) groups excluding carboxylic acids is 4. The number of methoxy groups -OCH3 is 1. The van der Waals surface area contributed by atoms with Gasteiger partial charge in [-0.05, 0) is 56.1 Å². The summed E-state index contributed by atoms with van der Waals surface area (Å²) in [7, 11) is 1.57. The number of fused-ring (bicyclic) bond motifs is 2. The van der Waals surface area contributed by atoms with Crippen molar-refractivity contribution in [1.29, 1.82) is 0 Å². The summed E-state index contributed by atoms with van der Waals surface area (Å²) in [6.07, 6.45) is 5.63. The largest absolute Gasteiger partial charge is 0.496 e. The van der Waals surface area contributed by atoms with Crippen LogP contribution in [0, 0.1) is 17.8 Å². The first kappa shape index (κ1) is 24.5.